The lowest BCUT2D eigenvalue weighted by Crippen LogP contribution is -2.35. The van der Waals surface area contributed by atoms with E-state index in [1.807, 2.05) is 32.0 Å². The van der Waals surface area contributed by atoms with Crippen LogP contribution in [-0.2, 0) is 0 Å². The molecule has 0 unspecified atom stereocenters. The summed E-state index contributed by atoms with van der Waals surface area (Å²) in [6, 6.07) is 5.98. The number of rotatable bonds is 6. The predicted molar refractivity (Wildman–Crippen MR) is 85.5 cm³/mol. The van der Waals surface area contributed by atoms with E-state index in [0.717, 1.165) is 23.6 Å². The average Bonchev–Trinajstić information content (AvgIpc) is 2.34. The summed E-state index contributed by atoms with van der Waals surface area (Å²) >= 11 is 0. The van der Waals surface area contributed by atoms with Gasteiger partial charge in [-0.3, -0.25) is 0 Å². The van der Waals surface area contributed by atoms with Gasteiger partial charge in [-0.1, -0.05) is 18.2 Å². The summed E-state index contributed by atoms with van der Waals surface area (Å²) < 4.78 is 11.1. The van der Waals surface area contributed by atoms with Crippen molar-refractivity contribution in [2.24, 2.45) is 0 Å². The molecule has 0 heterocycles. The second kappa shape index (κ2) is 7.34. The van der Waals surface area contributed by atoms with Crippen molar-refractivity contribution in [2.45, 2.75) is 46.3 Å². The van der Waals surface area contributed by atoms with Crippen molar-refractivity contribution in [3.8, 4) is 11.5 Å². The van der Waals surface area contributed by atoms with Crippen LogP contribution in [0.5, 0.6) is 11.5 Å². The van der Waals surface area contributed by atoms with Crippen LogP contribution in [0, 0.1) is 0 Å². The quantitative estimate of drug-likeness (QED) is 0.856. The summed E-state index contributed by atoms with van der Waals surface area (Å²) in [5.74, 6) is 1.55. The van der Waals surface area contributed by atoms with Gasteiger partial charge in [-0.25, -0.2) is 0 Å². The zero-order valence-corrected chi connectivity index (χ0v) is 13.5. The maximum absolute atomic E-state index is 5.70. The van der Waals surface area contributed by atoms with Crippen LogP contribution < -0.4 is 14.8 Å². The Morgan fingerprint density at radius 2 is 1.90 bits per heavy atom. The molecule has 1 N–H and O–H groups in total. The van der Waals surface area contributed by atoms with E-state index in [9.17, 15) is 0 Å². The van der Waals surface area contributed by atoms with Crippen molar-refractivity contribution in [1.29, 1.82) is 0 Å². The van der Waals surface area contributed by atoms with Crippen molar-refractivity contribution < 1.29 is 9.47 Å². The maximum atomic E-state index is 5.70. The summed E-state index contributed by atoms with van der Waals surface area (Å²) in [7, 11) is 1.66. The Hall–Kier alpha value is -1.48. The maximum Gasteiger partial charge on any atom is 0.161 e. The SMILES string of the molecule is COc1cc(C=CCNC(C)(C)C)ccc1OC(C)C. The van der Waals surface area contributed by atoms with Gasteiger partial charge in [0.05, 0.1) is 13.2 Å². The molecule has 20 heavy (non-hydrogen) atoms. The fourth-order valence-corrected chi connectivity index (χ4v) is 1.70. The monoisotopic (exact) mass is 277 g/mol. The molecule has 0 aliphatic carbocycles. The normalized spacial score (nSPS) is 12.2. The molecule has 3 heteroatoms. The highest BCUT2D eigenvalue weighted by atomic mass is 16.5. The second-order valence-electron chi connectivity index (χ2n) is 6.11. The Bertz CT molecular complexity index is 445. The van der Waals surface area contributed by atoms with Crippen LogP contribution >= 0.6 is 0 Å². The number of nitrogens with one attached hydrogen (secondary N) is 1. The lowest BCUT2D eigenvalue weighted by atomic mass is 10.1. The number of hydrogen-bond acceptors (Lipinski definition) is 3. The zero-order chi connectivity index (χ0) is 15.2. The van der Waals surface area contributed by atoms with Gasteiger partial charge in [-0.15, -0.1) is 0 Å². The fraction of sp³-hybridized carbons (Fsp3) is 0.529. The Balaban J connectivity index is 2.70. The van der Waals surface area contributed by atoms with Crippen LogP contribution in [0.25, 0.3) is 6.08 Å². The first-order chi connectivity index (χ1) is 9.31. The molecule has 3 nitrogen and oxygen atoms in total. The summed E-state index contributed by atoms with van der Waals surface area (Å²) in [5.41, 5.74) is 1.24. The molecule has 0 aliphatic heterocycles. The van der Waals surface area contributed by atoms with Gasteiger partial charge in [0.1, 0.15) is 0 Å². The van der Waals surface area contributed by atoms with Crippen molar-refractivity contribution in [3.63, 3.8) is 0 Å². The van der Waals surface area contributed by atoms with Crippen molar-refractivity contribution in [3.05, 3.63) is 29.8 Å². The van der Waals surface area contributed by atoms with Crippen LogP contribution in [0.15, 0.2) is 24.3 Å². The molecule has 0 atom stereocenters. The van der Waals surface area contributed by atoms with E-state index in [1.165, 1.54) is 0 Å². The Morgan fingerprint density at radius 3 is 2.45 bits per heavy atom. The minimum atomic E-state index is 0.136. The molecule has 0 saturated carbocycles. The molecule has 0 saturated heterocycles. The molecule has 0 bridgehead atoms. The van der Waals surface area contributed by atoms with Gasteiger partial charge in [0.2, 0.25) is 0 Å². The van der Waals surface area contributed by atoms with Gasteiger partial charge in [0, 0.05) is 12.1 Å². The van der Waals surface area contributed by atoms with E-state index < -0.39 is 0 Å². The summed E-state index contributed by atoms with van der Waals surface area (Å²) in [5, 5.41) is 3.42. The third kappa shape index (κ3) is 6.11. The predicted octanol–water partition coefficient (Wildman–Crippen LogP) is 3.88. The number of ether oxygens (including phenoxy) is 2. The Morgan fingerprint density at radius 1 is 1.20 bits per heavy atom. The van der Waals surface area contributed by atoms with E-state index in [4.69, 9.17) is 9.47 Å². The minimum absolute atomic E-state index is 0.136. The molecule has 0 aromatic heterocycles. The van der Waals surface area contributed by atoms with Crippen molar-refractivity contribution in [1.82, 2.24) is 5.32 Å². The topological polar surface area (TPSA) is 30.5 Å². The molecule has 112 valence electrons. The summed E-state index contributed by atoms with van der Waals surface area (Å²) in [6.07, 6.45) is 4.34. The largest absolute Gasteiger partial charge is 0.493 e. The molecule has 1 aromatic rings. The molecule has 0 aliphatic rings. The van der Waals surface area contributed by atoms with E-state index >= 15 is 0 Å². The van der Waals surface area contributed by atoms with E-state index in [1.54, 1.807) is 7.11 Å². The van der Waals surface area contributed by atoms with Gasteiger partial charge in [-0.2, -0.15) is 0 Å². The van der Waals surface area contributed by atoms with Gasteiger partial charge in [-0.05, 0) is 52.3 Å². The second-order valence-corrected chi connectivity index (χ2v) is 6.11. The standard InChI is InChI=1S/C17H27NO2/c1-13(2)20-15-10-9-14(12-16(15)19-6)8-7-11-18-17(3,4)5/h7-10,12-13,18H,11H2,1-6H3. The number of hydrogen-bond donors (Lipinski definition) is 1. The van der Waals surface area contributed by atoms with Gasteiger partial charge in [0.15, 0.2) is 11.5 Å². The highest BCUT2D eigenvalue weighted by Gasteiger charge is 2.07. The summed E-state index contributed by atoms with van der Waals surface area (Å²) in [6.45, 7) is 11.3. The van der Waals surface area contributed by atoms with Crippen LogP contribution in [0.1, 0.15) is 40.2 Å². The van der Waals surface area contributed by atoms with Crippen LogP contribution in [0.4, 0.5) is 0 Å². The lowest BCUT2D eigenvalue weighted by molar-refractivity contribution is 0.230. The zero-order valence-electron chi connectivity index (χ0n) is 13.5. The van der Waals surface area contributed by atoms with Gasteiger partial charge < -0.3 is 14.8 Å². The molecule has 1 aromatic carbocycles. The van der Waals surface area contributed by atoms with Crippen molar-refractivity contribution >= 4 is 6.08 Å². The van der Waals surface area contributed by atoms with Crippen molar-refractivity contribution in [2.75, 3.05) is 13.7 Å². The Labute approximate surface area is 123 Å². The van der Waals surface area contributed by atoms with Crippen LogP contribution in [0.2, 0.25) is 0 Å². The first kappa shape index (κ1) is 16.6. The molecule has 0 radical (unpaired) electrons. The van der Waals surface area contributed by atoms with E-state index in [0.29, 0.717) is 0 Å². The number of benzene rings is 1. The molecule has 0 spiro atoms. The molecule has 0 fully saturated rings. The highest BCUT2D eigenvalue weighted by molar-refractivity contribution is 5.56. The minimum Gasteiger partial charge on any atom is -0.493 e. The van der Waals surface area contributed by atoms with Gasteiger partial charge >= 0.3 is 0 Å². The number of methoxy groups -OCH3 is 1. The van der Waals surface area contributed by atoms with Crippen LogP contribution in [0.3, 0.4) is 0 Å². The van der Waals surface area contributed by atoms with E-state index in [-0.39, 0.29) is 11.6 Å². The smallest absolute Gasteiger partial charge is 0.161 e. The lowest BCUT2D eigenvalue weighted by Gasteiger charge is -2.18. The van der Waals surface area contributed by atoms with E-state index in [2.05, 4.69) is 38.2 Å². The Kier molecular flexibility index (Phi) is 6.08. The first-order valence-electron chi connectivity index (χ1n) is 7.08. The average molecular weight is 277 g/mol. The molecular formula is C17H27NO2. The summed E-state index contributed by atoms with van der Waals surface area (Å²) in [4.78, 5) is 0. The van der Waals surface area contributed by atoms with Crippen LogP contribution in [-0.4, -0.2) is 25.3 Å². The molecular weight excluding hydrogens is 250 g/mol. The highest BCUT2D eigenvalue weighted by Crippen LogP contribution is 2.29. The third-order valence-electron chi connectivity index (χ3n) is 2.61. The third-order valence-corrected chi connectivity index (χ3v) is 2.61. The first-order valence-corrected chi connectivity index (χ1v) is 7.08. The molecule has 1 rings (SSSR count). The van der Waals surface area contributed by atoms with Gasteiger partial charge in [0.25, 0.3) is 0 Å². The molecule has 0 amide bonds. The fourth-order valence-electron chi connectivity index (χ4n) is 1.70.